The van der Waals surface area contributed by atoms with Crippen LogP contribution in [0.4, 0.5) is 0 Å². The van der Waals surface area contributed by atoms with Gasteiger partial charge in [-0.15, -0.1) is 0 Å². The van der Waals surface area contributed by atoms with E-state index in [-0.39, 0.29) is 22.0 Å². The predicted octanol–water partition coefficient (Wildman–Crippen LogP) is 17.8. The Labute approximate surface area is 477 Å². The first-order valence-corrected chi connectivity index (χ1v) is 31.6. The molecule has 4 aromatic heterocycles. The van der Waals surface area contributed by atoms with Crippen LogP contribution in [0.3, 0.4) is 0 Å². The van der Waals surface area contributed by atoms with Crippen molar-refractivity contribution in [3.63, 3.8) is 0 Å². The van der Waals surface area contributed by atoms with Gasteiger partial charge in [0, 0.05) is 38.8 Å². The van der Waals surface area contributed by atoms with Crippen molar-refractivity contribution in [3.8, 4) is 85.1 Å². The van der Waals surface area contributed by atoms with E-state index in [1.54, 1.807) is 0 Å². The fraction of sp³-hybridized carbons (Fsp3) is 0.208. The molecule has 0 radical (unpaired) electrons. The molecule has 81 heavy (non-hydrogen) atoms. The minimum Gasteiger partial charge on any atom is -0.507 e. The second kappa shape index (κ2) is 19.8. The fourth-order valence-electron chi connectivity index (χ4n) is 11.1. The molecule has 12 aromatic rings. The average molecular weight is 1080 g/mol. The third-order valence-electron chi connectivity index (χ3n) is 15.7. The SMILES string of the molecule is CC(C)(C)c1cc(-c2ccc3c(n2)c2ccccc2n3-c2nc(-c3ccccc3)nc(-c3ccccc3)n2)cc(-c2cccc3c2nc(-c2cc(C(C)(C)C)cc(C(C)(C)C)c2O)n3-c2ccc([Si](C)(C)C)cc2-c2ccccc2)c1. The van der Waals surface area contributed by atoms with Crippen LogP contribution < -0.4 is 5.19 Å². The standard InChI is InChI=1S/C72H69N7OSi/c1-70(2,3)50-40-48(39-49(41-50)58-36-38-62-64(73-58)54-31-22-23-33-59(54)79(62)69-76-66(46-27-18-14-19-28-46)75-67(77-69)47-29-20-15-21-30-47)53-32-24-34-61-63(53)74-68(56-42-51(71(4,5)6)43-57(65(56)80)72(7,8)9)78(61)60-37-35-52(81(10,11)12)44-55(60)45-25-16-13-17-26-45/h13-44,80H,1-12H3. The number of phenolic OH excluding ortho intramolecular Hbond substituents is 1. The molecule has 0 saturated carbocycles. The maximum Gasteiger partial charge on any atom is 0.238 e. The molecule has 0 unspecified atom stereocenters. The predicted molar refractivity (Wildman–Crippen MR) is 340 cm³/mol. The highest BCUT2D eigenvalue weighted by Crippen LogP contribution is 2.46. The van der Waals surface area contributed by atoms with E-state index in [1.807, 2.05) is 60.7 Å². The number of phenols is 1. The summed E-state index contributed by atoms with van der Waals surface area (Å²) in [5.41, 5.74) is 16.5. The number of aromatic hydroxyl groups is 1. The van der Waals surface area contributed by atoms with Crippen LogP contribution in [-0.4, -0.2) is 47.2 Å². The summed E-state index contributed by atoms with van der Waals surface area (Å²) in [6.45, 7) is 27.2. The van der Waals surface area contributed by atoms with E-state index in [1.165, 1.54) is 10.8 Å². The molecule has 0 fully saturated rings. The van der Waals surface area contributed by atoms with Crippen LogP contribution in [0.5, 0.6) is 5.75 Å². The second-order valence-corrected chi connectivity index (χ2v) is 30.8. The van der Waals surface area contributed by atoms with Crippen LogP contribution in [0.15, 0.2) is 194 Å². The Morgan fingerprint density at radius 1 is 0.395 bits per heavy atom. The molecule has 0 amide bonds. The molecular weight excluding hydrogens is 1010 g/mol. The summed E-state index contributed by atoms with van der Waals surface area (Å²) >= 11 is 0. The third-order valence-corrected chi connectivity index (χ3v) is 17.7. The molecule has 0 aliphatic rings. The van der Waals surface area contributed by atoms with Crippen LogP contribution in [-0.2, 0) is 16.2 Å². The van der Waals surface area contributed by atoms with Crippen molar-refractivity contribution >= 4 is 46.2 Å². The number of hydrogen-bond donors (Lipinski definition) is 1. The van der Waals surface area contributed by atoms with Gasteiger partial charge in [-0.2, -0.15) is 9.97 Å². The van der Waals surface area contributed by atoms with Crippen LogP contribution in [0, 0.1) is 0 Å². The smallest absolute Gasteiger partial charge is 0.238 e. The van der Waals surface area contributed by atoms with Gasteiger partial charge in [-0.25, -0.2) is 15.0 Å². The first-order valence-electron chi connectivity index (χ1n) is 28.1. The number of pyridine rings is 1. The first kappa shape index (κ1) is 52.9. The normalized spacial score (nSPS) is 12.5. The van der Waals surface area contributed by atoms with Gasteiger partial charge < -0.3 is 5.11 Å². The van der Waals surface area contributed by atoms with Gasteiger partial charge in [0.1, 0.15) is 11.6 Å². The molecule has 0 saturated heterocycles. The van der Waals surface area contributed by atoms with Crippen molar-refractivity contribution in [3.05, 3.63) is 211 Å². The summed E-state index contributed by atoms with van der Waals surface area (Å²) in [6, 6.07) is 68.3. The lowest BCUT2D eigenvalue weighted by atomic mass is 9.79. The number of imidazole rings is 1. The minimum absolute atomic E-state index is 0.209. The summed E-state index contributed by atoms with van der Waals surface area (Å²) in [6.07, 6.45) is 0. The zero-order valence-corrected chi connectivity index (χ0v) is 49.6. The largest absolute Gasteiger partial charge is 0.507 e. The van der Waals surface area contributed by atoms with Gasteiger partial charge in [-0.1, -0.05) is 233 Å². The van der Waals surface area contributed by atoms with Crippen LogP contribution in [0.1, 0.15) is 79.0 Å². The van der Waals surface area contributed by atoms with E-state index in [2.05, 4.69) is 225 Å². The van der Waals surface area contributed by atoms with Gasteiger partial charge in [0.15, 0.2) is 11.6 Å². The van der Waals surface area contributed by atoms with Gasteiger partial charge in [-0.05, 0) is 87.0 Å². The molecule has 9 heteroatoms. The van der Waals surface area contributed by atoms with E-state index in [9.17, 15) is 5.11 Å². The molecule has 0 aliphatic heterocycles. The van der Waals surface area contributed by atoms with Gasteiger partial charge >= 0.3 is 0 Å². The Balaban J connectivity index is 1.09. The molecule has 12 rings (SSSR count). The van der Waals surface area contributed by atoms with Gasteiger partial charge in [-0.3, -0.25) is 9.13 Å². The number of hydrogen-bond acceptors (Lipinski definition) is 6. The minimum atomic E-state index is -1.76. The Kier molecular flexibility index (Phi) is 12.9. The summed E-state index contributed by atoms with van der Waals surface area (Å²) in [7, 11) is -1.76. The zero-order chi connectivity index (χ0) is 56.8. The van der Waals surface area contributed by atoms with Crippen LogP contribution >= 0.6 is 0 Å². The van der Waals surface area contributed by atoms with Gasteiger partial charge in [0.2, 0.25) is 5.95 Å². The highest BCUT2D eigenvalue weighted by Gasteiger charge is 2.31. The third kappa shape index (κ3) is 9.84. The van der Waals surface area contributed by atoms with Crippen molar-refractivity contribution in [2.24, 2.45) is 0 Å². The van der Waals surface area contributed by atoms with E-state index in [0.29, 0.717) is 29.0 Å². The Morgan fingerprint density at radius 3 is 1.58 bits per heavy atom. The second-order valence-electron chi connectivity index (χ2n) is 25.7. The molecule has 0 spiro atoms. The molecule has 402 valence electrons. The van der Waals surface area contributed by atoms with Gasteiger partial charge in [0.05, 0.1) is 52.6 Å². The van der Waals surface area contributed by atoms with E-state index >= 15 is 0 Å². The van der Waals surface area contributed by atoms with Crippen LogP contribution in [0.2, 0.25) is 19.6 Å². The lowest BCUT2D eigenvalue weighted by Crippen LogP contribution is -2.37. The van der Waals surface area contributed by atoms with Crippen molar-refractivity contribution < 1.29 is 5.11 Å². The number of rotatable bonds is 9. The highest BCUT2D eigenvalue weighted by atomic mass is 28.3. The molecule has 0 bridgehead atoms. The fourth-order valence-corrected chi connectivity index (χ4v) is 12.2. The summed E-state index contributed by atoms with van der Waals surface area (Å²) in [5, 5.41) is 15.1. The number of benzene rings is 8. The molecular formula is C72H69N7OSi. The number of fused-ring (bicyclic) bond motifs is 4. The summed E-state index contributed by atoms with van der Waals surface area (Å²) < 4.78 is 4.43. The zero-order valence-electron chi connectivity index (χ0n) is 48.6. The van der Waals surface area contributed by atoms with Crippen molar-refractivity contribution in [2.75, 3.05) is 0 Å². The molecule has 8 aromatic carbocycles. The number of para-hydroxylation sites is 2. The summed E-state index contributed by atoms with van der Waals surface area (Å²) in [4.78, 5) is 26.7. The van der Waals surface area contributed by atoms with Gasteiger partial charge in [0.25, 0.3) is 0 Å². The molecule has 4 heterocycles. The number of nitrogens with zero attached hydrogens (tertiary/aromatic N) is 7. The molecule has 1 N–H and O–H groups in total. The van der Waals surface area contributed by atoms with E-state index in [0.717, 1.165) is 94.4 Å². The van der Waals surface area contributed by atoms with Crippen LogP contribution in [0.25, 0.3) is 112 Å². The lowest BCUT2D eigenvalue weighted by molar-refractivity contribution is 0.446. The Morgan fingerprint density at radius 2 is 0.963 bits per heavy atom. The monoisotopic (exact) mass is 1080 g/mol. The maximum atomic E-state index is 12.7. The van der Waals surface area contributed by atoms with E-state index in [4.69, 9.17) is 24.9 Å². The van der Waals surface area contributed by atoms with Crippen molar-refractivity contribution in [1.29, 1.82) is 0 Å². The van der Waals surface area contributed by atoms with Crippen molar-refractivity contribution in [1.82, 2.24) is 34.1 Å². The quantitative estimate of drug-likeness (QED) is 0.145. The average Bonchev–Trinajstić information content (AvgIpc) is 4.14. The number of aromatic nitrogens is 7. The summed E-state index contributed by atoms with van der Waals surface area (Å²) in [5.74, 6) is 2.63. The molecule has 0 aliphatic carbocycles. The Bertz CT molecular complexity index is 4320. The Hall–Kier alpha value is -8.79. The lowest BCUT2D eigenvalue weighted by Gasteiger charge is -2.28. The highest BCUT2D eigenvalue weighted by molar-refractivity contribution is 6.88. The first-order chi connectivity index (χ1) is 38.6. The van der Waals surface area contributed by atoms with E-state index < -0.39 is 8.07 Å². The topological polar surface area (TPSA) is 94.5 Å². The molecule has 0 atom stereocenters. The van der Waals surface area contributed by atoms with Crippen molar-refractivity contribution in [2.45, 2.75) is 98.2 Å². The molecule has 8 nitrogen and oxygen atoms in total. The maximum absolute atomic E-state index is 12.7.